The predicted molar refractivity (Wildman–Crippen MR) is 65.3 cm³/mol. The van der Waals surface area contributed by atoms with E-state index in [-0.39, 0.29) is 0 Å². The van der Waals surface area contributed by atoms with Crippen LogP contribution < -0.4 is 10.6 Å². The van der Waals surface area contributed by atoms with Gasteiger partial charge in [0.1, 0.15) is 0 Å². The smallest absolute Gasteiger partial charge is 0.0398 e. The lowest BCUT2D eigenvalue weighted by Gasteiger charge is -2.21. The van der Waals surface area contributed by atoms with Crippen molar-refractivity contribution in [2.24, 2.45) is 5.73 Å². The Balaban J connectivity index is 2.13. The first-order valence-corrected chi connectivity index (χ1v) is 5.95. The highest BCUT2D eigenvalue weighted by molar-refractivity contribution is 5.54. The molecule has 0 amide bonds. The number of benzene rings is 1. The van der Waals surface area contributed by atoms with Gasteiger partial charge in [-0.2, -0.15) is 0 Å². The molecule has 1 aliphatic heterocycles. The van der Waals surface area contributed by atoms with E-state index in [1.165, 1.54) is 37.2 Å². The fourth-order valence-electron chi connectivity index (χ4n) is 2.28. The monoisotopic (exact) mass is 204 g/mol. The van der Waals surface area contributed by atoms with Crippen molar-refractivity contribution in [1.29, 1.82) is 0 Å². The summed E-state index contributed by atoms with van der Waals surface area (Å²) < 4.78 is 0. The summed E-state index contributed by atoms with van der Waals surface area (Å²) in [5, 5.41) is 0. The lowest BCUT2D eigenvalue weighted by Crippen LogP contribution is -2.19. The Labute approximate surface area is 92.1 Å². The van der Waals surface area contributed by atoms with Gasteiger partial charge >= 0.3 is 0 Å². The van der Waals surface area contributed by atoms with Crippen LogP contribution in [-0.2, 0) is 6.42 Å². The van der Waals surface area contributed by atoms with Gasteiger partial charge in [0.25, 0.3) is 0 Å². The van der Waals surface area contributed by atoms with E-state index in [2.05, 4.69) is 29.2 Å². The molecule has 0 aliphatic carbocycles. The highest BCUT2D eigenvalue weighted by Gasteiger charge is 2.14. The zero-order valence-corrected chi connectivity index (χ0v) is 9.28. The standard InChI is InChI=1S/C13H20N2/c14-9-5-7-12-6-1-2-8-13(12)15-10-3-4-11-15/h1-2,6,8H,3-5,7,9-11,14H2. The number of rotatable bonds is 4. The number of anilines is 1. The van der Waals surface area contributed by atoms with E-state index in [1.807, 2.05) is 0 Å². The van der Waals surface area contributed by atoms with Gasteiger partial charge in [-0.3, -0.25) is 0 Å². The SMILES string of the molecule is NCCCc1ccccc1N1CCCC1. The van der Waals surface area contributed by atoms with Crippen molar-refractivity contribution >= 4 is 5.69 Å². The minimum absolute atomic E-state index is 0.786. The molecule has 0 radical (unpaired) electrons. The summed E-state index contributed by atoms with van der Waals surface area (Å²) in [5.41, 5.74) is 8.46. The van der Waals surface area contributed by atoms with Gasteiger partial charge in [0.05, 0.1) is 0 Å². The summed E-state index contributed by atoms with van der Waals surface area (Å²) in [5.74, 6) is 0. The van der Waals surface area contributed by atoms with Crippen molar-refractivity contribution < 1.29 is 0 Å². The van der Waals surface area contributed by atoms with Crippen molar-refractivity contribution in [3.63, 3.8) is 0 Å². The van der Waals surface area contributed by atoms with Crippen LogP contribution in [0.25, 0.3) is 0 Å². The minimum atomic E-state index is 0.786. The van der Waals surface area contributed by atoms with E-state index in [1.54, 1.807) is 0 Å². The maximum atomic E-state index is 5.57. The van der Waals surface area contributed by atoms with Crippen molar-refractivity contribution in [1.82, 2.24) is 0 Å². The van der Waals surface area contributed by atoms with E-state index < -0.39 is 0 Å². The molecule has 1 aromatic rings. The molecular formula is C13H20N2. The molecule has 0 saturated carbocycles. The summed E-state index contributed by atoms with van der Waals surface area (Å²) in [6.07, 6.45) is 4.88. The Hall–Kier alpha value is -1.02. The first-order chi connectivity index (χ1) is 7.42. The van der Waals surface area contributed by atoms with Gasteiger partial charge < -0.3 is 10.6 Å². The largest absolute Gasteiger partial charge is 0.371 e. The lowest BCUT2D eigenvalue weighted by atomic mass is 10.1. The second-order valence-electron chi connectivity index (χ2n) is 4.22. The molecule has 1 aliphatic rings. The topological polar surface area (TPSA) is 29.3 Å². The zero-order chi connectivity index (χ0) is 10.5. The van der Waals surface area contributed by atoms with Gasteiger partial charge in [0, 0.05) is 18.8 Å². The molecule has 2 rings (SSSR count). The highest BCUT2D eigenvalue weighted by atomic mass is 15.1. The highest BCUT2D eigenvalue weighted by Crippen LogP contribution is 2.25. The molecule has 0 atom stereocenters. The van der Waals surface area contributed by atoms with E-state index in [9.17, 15) is 0 Å². The van der Waals surface area contributed by atoms with Crippen molar-refractivity contribution in [3.05, 3.63) is 29.8 Å². The lowest BCUT2D eigenvalue weighted by molar-refractivity contribution is 0.824. The summed E-state index contributed by atoms with van der Waals surface area (Å²) in [7, 11) is 0. The van der Waals surface area contributed by atoms with Crippen LogP contribution in [0.15, 0.2) is 24.3 Å². The average molecular weight is 204 g/mol. The Morgan fingerprint density at radius 1 is 1.13 bits per heavy atom. The fourth-order valence-corrected chi connectivity index (χ4v) is 2.28. The Bertz CT molecular complexity index is 303. The summed E-state index contributed by atoms with van der Waals surface area (Å²) in [6.45, 7) is 3.23. The van der Waals surface area contributed by atoms with Crippen LogP contribution in [0.2, 0.25) is 0 Å². The van der Waals surface area contributed by atoms with Gasteiger partial charge in [0.2, 0.25) is 0 Å². The molecule has 2 N–H and O–H groups in total. The quantitative estimate of drug-likeness (QED) is 0.814. The van der Waals surface area contributed by atoms with E-state index in [4.69, 9.17) is 5.73 Å². The van der Waals surface area contributed by atoms with Crippen molar-refractivity contribution in [3.8, 4) is 0 Å². The molecule has 2 nitrogen and oxygen atoms in total. The molecule has 1 heterocycles. The molecule has 0 bridgehead atoms. The zero-order valence-electron chi connectivity index (χ0n) is 9.28. The van der Waals surface area contributed by atoms with E-state index in [0.717, 1.165) is 19.4 Å². The van der Waals surface area contributed by atoms with Crippen LogP contribution in [-0.4, -0.2) is 19.6 Å². The number of para-hydroxylation sites is 1. The normalized spacial score (nSPS) is 15.9. The average Bonchev–Trinajstić information content (AvgIpc) is 2.80. The van der Waals surface area contributed by atoms with Crippen LogP contribution >= 0.6 is 0 Å². The second kappa shape index (κ2) is 5.17. The summed E-state index contributed by atoms with van der Waals surface area (Å²) in [4.78, 5) is 2.51. The molecule has 0 spiro atoms. The molecule has 1 aromatic carbocycles. The van der Waals surface area contributed by atoms with E-state index >= 15 is 0 Å². The van der Waals surface area contributed by atoms with Crippen LogP contribution in [0, 0.1) is 0 Å². The first-order valence-electron chi connectivity index (χ1n) is 5.95. The van der Waals surface area contributed by atoms with Gasteiger partial charge in [-0.25, -0.2) is 0 Å². The molecule has 0 unspecified atom stereocenters. The molecule has 1 saturated heterocycles. The van der Waals surface area contributed by atoms with Gasteiger partial charge in [-0.15, -0.1) is 0 Å². The Kier molecular flexibility index (Phi) is 3.62. The number of nitrogens with two attached hydrogens (primary N) is 1. The third-order valence-corrected chi connectivity index (χ3v) is 3.09. The fraction of sp³-hybridized carbons (Fsp3) is 0.538. The number of nitrogens with zero attached hydrogens (tertiary/aromatic N) is 1. The minimum Gasteiger partial charge on any atom is -0.371 e. The predicted octanol–water partition coefficient (Wildman–Crippen LogP) is 2.18. The maximum absolute atomic E-state index is 5.57. The number of aryl methyl sites for hydroxylation is 1. The maximum Gasteiger partial charge on any atom is 0.0398 e. The molecule has 82 valence electrons. The second-order valence-corrected chi connectivity index (χ2v) is 4.22. The summed E-state index contributed by atoms with van der Waals surface area (Å²) >= 11 is 0. The van der Waals surface area contributed by atoms with Gasteiger partial charge in [-0.05, 0) is 43.9 Å². The molecule has 2 heteroatoms. The third kappa shape index (κ3) is 2.51. The molecule has 0 aromatic heterocycles. The molecule has 15 heavy (non-hydrogen) atoms. The molecular weight excluding hydrogens is 184 g/mol. The van der Waals surface area contributed by atoms with Gasteiger partial charge in [-0.1, -0.05) is 18.2 Å². The number of hydrogen-bond acceptors (Lipinski definition) is 2. The molecule has 1 fully saturated rings. The number of hydrogen-bond donors (Lipinski definition) is 1. The first kappa shape index (κ1) is 10.5. The summed E-state index contributed by atoms with van der Waals surface area (Å²) in [6, 6.07) is 8.76. The van der Waals surface area contributed by atoms with Crippen LogP contribution in [0.5, 0.6) is 0 Å². The van der Waals surface area contributed by atoms with Gasteiger partial charge in [0.15, 0.2) is 0 Å². The van der Waals surface area contributed by atoms with Crippen LogP contribution in [0.3, 0.4) is 0 Å². The third-order valence-electron chi connectivity index (χ3n) is 3.09. The van der Waals surface area contributed by atoms with Crippen LogP contribution in [0.4, 0.5) is 5.69 Å². The van der Waals surface area contributed by atoms with Crippen molar-refractivity contribution in [2.75, 3.05) is 24.5 Å². The Morgan fingerprint density at radius 3 is 2.60 bits per heavy atom. The van der Waals surface area contributed by atoms with E-state index in [0.29, 0.717) is 0 Å². The van der Waals surface area contributed by atoms with Crippen LogP contribution in [0.1, 0.15) is 24.8 Å². The Morgan fingerprint density at radius 2 is 1.87 bits per heavy atom. The van der Waals surface area contributed by atoms with Crippen molar-refractivity contribution in [2.45, 2.75) is 25.7 Å².